The Morgan fingerprint density at radius 2 is 2.25 bits per heavy atom. The predicted molar refractivity (Wildman–Crippen MR) is 64.2 cm³/mol. The molecule has 0 aromatic heterocycles. The van der Waals surface area contributed by atoms with E-state index in [0.717, 1.165) is 26.1 Å². The third-order valence-electron chi connectivity index (χ3n) is 2.94. The Labute approximate surface area is 97.4 Å². The first-order chi connectivity index (χ1) is 7.74. The van der Waals surface area contributed by atoms with Crippen LogP contribution in [0.3, 0.4) is 0 Å². The van der Waals surface area contributed by atoms with Crippen LogP contribution in [-0.2, 0) is 9.53 Å². The Bertz CT molecular complexity index is 225. The highest BCUT2D eigenvalue weighted by molar-refractivity contribution is 5.78. The van der Waals surface area contributed by atoms with Crippen molar-refractivity contribution in [2.75, 3.05) is 26.3 Å². The zero-order chi connectivity index (χ0) is 11.8. The lowest BCUT2D eigenvalue weighted by molar-refractivity contribution is -0.121. The largest absolute Gasteiger partial charge is 0.381 e. The number of nitrogens with one attached hydrogen (secondary N) is 2. The second-order valence-electron chi connectivity index (χ2n) is 4.23. The van der Waals surface area contributed by atoms with Gasteiger partial charge in [-0.05, 0) is 25.7 Å². The van der Waals surface area contributed by atoms with Crippen molar-refractivity contribution < 1.29 is 9.53 Å². The quantitative estimate of drug-likeness (QED) is 0.517. The van der Waals surface area contributed by atoms with E-state index < -0.39 is 0 Å². The molecule has 1 heterocycles. The van der Waals surface area contributed by atoms with Crippen LogP contribution in [0.15, 0.2) is 12.7 Å². The predicted octanol–water partition coefficient (Wildman–Crippen LogP) is 0.693. The van der Waals surface area contributed by atoms with Gasteiger partial charge in [-0.2, -0.15) is 0 Å². The van der Waals surface area contributed by atoms with Gasteiger partial charge in [-0.1, -0.05) is 6.08 Å². The standard InChI is InChI=1S/C12H22N2O2/c1-3-6-13-9-12(15)14-10(2)11-4-7-16-8-5-11/h3,10-11,13H,1,4-9H2,2H3,(H,14,15). The maximum Gasteiger partial charge on any atom is 0.234 e. The number of rotatable bonds is 6. The van der Waals surface area contributed by atoms with Gasteiger partial charge in [-0.15, -0.1) is 6.58 Å². The van der Waals surface area contributed by atoms with E-state index in [-0.39, 0.29) is 11.9 Å². The van der Waals surface area contributed by atoms with Gasteiger partial charge >= 0.3 is 0 Å². The Morgan fingerprint density at radius 3 is 2.88 bits per heavy atom. The van der Waals surface area contributed by atoms with Crippen molar-refractivity contribution in [1.29, 1.82) is 0 Å². The summed E-state index contributed by atoms with van der Waals surface area (Å²) in [6, 6.07) is 0.238. The molecule has 1 unspecified atom stereocenters. The lowest BCUT2D eigenvalue weighted by atomic mass is 9.93. The van der Waals surface area contributed by atoms with Crippen LogP contribution < -0.4 is 10.6 Å². The molecule has 1 aliphatic heterocycles. The van der Waals surface area contributed by atoms with Crippen molar-refractivity contribution in [1.82, 2.24) is 10.6 Å². The Balaban J connectivity index is 2.18. The fourth-order valence-electron chi connectivity index (χ4n) is 1.93. The Kier molecular flexibility index (Phi) is 6.11. The average molecular weight is 226 g/mol. The third kappa shape index (κ3) is 4.77. The summed E-state index contributed by atoms with van der Waals surface area (Å²) in [5.74, 6) is 0.609. The smallest absolute Gasteiger partial charge is 0.234 e. The van der Waals surface area contributed by atoms with Crippen LogP contribution in [0.1, 0.15) is 19.8 Å². The number of ether oxygens (including phenoxy) is 1. The first-order valence-corrected chi connectivity index (χ1v) is 5.92. The molecule has 1 saturated heterocycles. The molecule has 92 valence electrons. The SMILES string of the molecule is C=CCNCC(=O)NC(C)C1CCOCC1. The van der Waals surface area contributed by atoms with Gasteiger partial charge in [0.1, 0.15) is 0 Å². The van der Waals surface area contributed by atoms with Gasteiger partial charge in [0.15, 0.2) is 0 Å². The number of hydrogen-bond acceptors (Lipinski definition) is 3. The van der Waals surface area contributed by atoms with Crippen LogP contribution >= 0.6 is 0 Å². The Morgan fingerprint density at radius 1 is 1.56 bits per heavy atom. The summed E-state index contributed by atoms with van der Waals surface area (Å²) in [4.78, 5) is 11.5. The van der Waals surface area contributed by atoms with Crippen LogP contribution in [0, 0.1) is 5.92 Å². The van der Waals surface area contributed by atoms with Gasteiger partial charge in [0.05, 0.1) is 6.54 Å². The summed E-state index contributed by atoms with van der Waals surface area (Å²) in [5, 5.41) is 6.01. The third-order valence-corrected chi connectivity index (χ3v) is 2.94. The maximum atomic E-state index is 11.5. The molecular formula is C12H22N2O2. The summed E-state index contributed by atoms with van der Waals surface area (Å²) in [6.45, 7) is 8.32. The first kappa shape index (κ1) is 13.2. The summed E-state index contributed by atoms with van der Waals surface area (Å²) in [6.07, 6.45) is 3.83. The van der Waals surface area contributed by atoms with Crippen LogP contribution in [0.4, 0.5) is 0 Å². The fraction of sp³-hybridized carbons (Fsp3) is 0.750. The number of carbonyl (C=O) groups is 1. The number of amides is 1. The average Bonchev–Trinajstić information content (AvgIpc) is 2.30. The molecule has 1 amide bonds. The summed E-state index contributed by atoms with van der Waals surface area (Å²) < 4.78 is 5.30. The molecular weight excluding hydrogens is 204 g/mol. The van der Waals surface area contributed by atoms with Crippen molar-refractivity contribution in [2.24, 2.45) is 5.92 Å². The fourth-order valence-corrected chi connectivity index (χ4v) is 1.93. The van der Waals surface area contributed by atoms with E-state index >= 15 is 0 Å². The molecule has 1 aliphatic rings. The number of carbonyl (C=O) groups excluding carboxylic acids is 1. The maximum absolute atomic E-state index is 11.5. The van der Waals surface area contributed by atoms with Gasteiger partial charge in [-0.25, -0.2) is 0 Å². The zero-order valence-electron chi connectivity index (χ0n) is 10.00. The highest BCUT2D eigenvalue weighted by Gasteiger charge is 2.21. The van der Waals surface area contributed by atoms with E-state index in [9.17, 15) is 4.79 Å². The van der Waals surface area contributed by atoms with Crippen molar-refractivity contribution in [3.8, 4) is 0 Å². The second-order valence-corrected chi connectivity index (χ2v) is 4.23. The van der Waals surface area contributed by atoms with E-state index in [0.29, 0.717) is 19.0 Å². The highest BCUT2D eigenvalue weighted by atomic mass is 16.5. The molecule has 1 rings (SSSR count). The van der Waals surface area contributed by atoms with Crippen molar-refractivity contribution in [3.63, 3.8) is 0 Å². The number of hydrogen-bond donors (Lipinski definition) is 2. The van der Waals surface area contributed by atoms with Gasteiger partial charge in [0, 0.05) is 25.8 Å². The van der Waals surface area contributed by atoms with Crippen LogP contribution in [-0.4, -0.2) is 38.3 Å². The minimum Gasteiger partial charge on any atom is -0.381 e. The van der Waals surface area contributed by atoms with E-state index in [1.807, 2.05) is 0 Å². The van der Waals surface area contributed by atoms with Crippen molar-refractivity contribution in [3.05, 3.63) is 12.7 Å². The zero-order valence-corrected chi connectivity index (χ0v) is 10.00. The van der Waals surface area contributed by atoms with Crippen molar-refractivity contribution in [2.45, 2.75) is 25.8 Å². The molecule has 0 aromatic carbocycles. The van der Waals surface area contributed by atoms with E-state index in [1.54, 1.807) is 6.08 Å². The van der Waals surface area contributed by atoms with Gasteiger partial charge in [0.2, 0.25) is 5.91 Å². The molecule has 2 N–H and O–H groups in total. The second kappa shape index (κ2) is 7.41. The van der Waals surface area contributed by atoms with E-state index in [2.05, 4.69) is 24.1 Å². The van der Waals surface area contributed by atoms with Crippen LogP contribution in [0.2, 0.25) is 0 Å². The minimum absolute atomic E-state index is 0.0563. The highest BCUT2D eigenvalue weighted by Crippen LogP contribution is 2.18. The molecule has 4 nitrogen and oxygen atoms in total. The van der Waals surface area contributed by atoms with Crippen LogP contribution in [0.25, 0.3) is 0 Å². The van der Waals surface area contributed by atoms with Gasteiger partial charge in [-0.3, -0.25) is 4.79 Å². The summed E-state index contributed by atoms with van der Waals surface area (Å²) >= 11 is 0. The molecule has 0 aliphatic carbocycles. The first-order valence-electron chi connectivity index (χ1n) is 5.92. The summed E-state index contributed by atoms with van der Waals surface area (Å²) in [5.41, 5.74) is 0. The molecule has 1 fully saturated rings. The van der Waals surface area contributed by atoms with E-state index in [1.165, 1.54) is 0 Å². The van der Waals surface area contributed by atoms with Gasteiger partial charge in [0.25, 0.3) is 0 Å². The monoisotopic (exact) mass is 226 g/mol. The molecule has 0 aromatic rings. The lowest BCUT2D eigenvalue weighted by Gasteiger charge is -2.28. The molecule has 0 saturated carbocycles. The normalized spacial score (nSPS) is 19.1. The Hall–Kier alpha value is -0.870. The molecule has 0 bridgehead atoms. The van der Waals surface area contributed by atoms with Crippen LogP contribution in [0.5, 0.6) is 0 Å². The van der Waals surface area contributed by atoms with Crippen molar-refractivity contribution >= 4 is 5.91 Å². The molecule has 16 heavy (non-hydrogen) atoms. The summed E-state index contributed by atoms with van der Waals surface area (Å²) in [7, 11) is 0. The molecule has 0 spiro atoms. The van der Waals surface area contributed by atoms with E-state index in [4.69, 9.17) is 4.74 Å². The molecule has 4 heteroatoms. The minimum atomic E-state index is 0.0563. The van der Waals surface area contributed by atoms with Gasteiger partial charge < -0.3 is 15.4 Å². The lowest BCUT2D eigenvalue weighted by Crippen LogP contribution is -2.43. The molecule has 1 atom stereocenters. The topological polar surface area (TPSA) is 50.4 Å². The molecule has 0 radical (unpaired) electrons.